The molecule has 0 unspecified atom stereocenters. The lowest BCUT2D eigenvalue weighted by molar-refractivity contribution is 0.379. The van der Waals surface area contributed by atoms with E-state index in [9.17, 15) is 0 Å². The van der Waals surface area contributed by atoms with Crippen LogP contribution in [0.5, 0.6) is 0 Å². The molecule has 94 valence electrons. The molecule has 0 aliphatic rings. The Bertz CT molecular complexity index is 563. The standard InChI is InChI=1S/C17H15NO/c1-3-7-14(8-4-1)17(13-16-11-12-18-19-16)15-9-5-2-6-10-15/h1-12,17H,13H2. The summed E-state index contributed by atoms with van der Waals surface area (Å²) in [6, 6.07) is 23.0. The average molecular weight is 249 g/mol. The van der Waals surface area contributed by atoms with Crippen molar-refractivity contribution in [3.8, 4) is 0 Å². The predicted octanol–water partition coefficient (Wildman–Crippen LogP) is 4.05. The van der Waals surface area contributed by atoms with E-state index in [1.165, 1.54) is 11.1 Å². The third-order valence-electron chi connectivity index (χ3n) is 3.30. The van der Waals surface area contributed by atoms with Gasteiger partial charge in [-0.3, -0.25) is 0 Å². The van der Waals surface area contributed by atoms with Gasteiger partial charge in [-0.1, -0.05) is 65.8 Å². The molecule has 2 nitrogen and oxygen atoms in total. The molecule has 19 heavy (non-hydrogen) atoms. The molecule has 0 radical (unpaired) electrons. The van der Waals surface area contributed by atoms with Gasteiger partial charge >= 0.3 is 0 Å². The quantitative estimate of drug-likeness (QED) is 0.697. The van der Waals surface area contributed by atoms with Gasteiger partial charge in [-0.25, -0.2) is 0 Å². The van der Waals surface area contributed by atoms with Gasteiger partial charge in [0.25, 0.3) is 0 Å². The van der Waals surface area contributed by atoms with Gasteiger partial charge in [-0.2, -0.15) is 0 Å². The van der Waals surface area contributed by atoms with Gasteiger partial charge < -0.3 is 4.52 Å². The smallest absolute Gasteiger partial charge is 0.137 e. The maximum absolute atomic E-state index is 5.26. The maximum atomic E-state index is 5.26. The fourth-order valence-electron chi connectivity index (χ4n) is 2.35. The van der Waals surface area contributed by atoms with Crippen molar-refractivity contribution in [1.82, 2.24) is 5.16 Å². The van der Waals surface area contributed by atoms with Crippen LogP contribution in [0.1, 0.15) is 22.8 Å². The molecule has 0 bridgehead atoms. The van der Waals surface area contributed by atoms with Crippen LogP contribution in [0.2, 0.25) is 0 Å². The highest BCUT2D eigenvalue weighted by Gasteiger charge is 2.16. The maximum Gasteiger partial charge on any atom is 0.137 e. The first kappa shape index (κ1) is 11.7. The van der Waals surface area contributed by atoms with Crippen molar-refractivity contribution in [2.24, 2.45) is 0 Å². The molecule has 2 heteroatoms. The van der Waals surface area contributed by atoms with Crippen LogP contribution in [0.15, 0.2) is 77.4 Å². The van der Waals surface area contributed by atoms with Gasteiger partial charge in [0.1, 0.15) is 5.76 Å². The van der Waals surface area contributed by atoms with E-state index in [4.69, 9.17) is 4.52 Å². The zero-order chi connectivity index (χ0) is 12.9. The summed E-state index contributed by atoms with van der Waals surface area (Å²) in [6.45, 7) is 0. The average Bonchev–Trinajstić information content (AvgIpc) is 3.00. The Morgan fingerprint density at radius 2 is 1.37 bits per heavy atom. The summed E-state index contributed by atoms with van der Waals surface area (Å²) >= 11 is 0. The lowest BCUT2D eigenvalue weighted by Crippen LogP contribution is -2.04. The van der Waals surface area contributed by atoms with E-state index < -0.39 is 0 Å². The molecule has 0 amide bonds. The van der Waals surface area contributed by atoms with Gasteiger partial charge in [0.15, 0.2) is 0 Å². The summed E-state index contributed by atoms with van der Waals surface area (Å²) in [4.78, 5) is 0. The minimum absolute atomic E-state index is 0.301. The van der Waals surface area contributed by atoms with Crippen LogP contribution in [0, 0.1) is 0 Å². The Morgan fingerprint density at radius 1 is 0.789 bits per heavy atom. The van der Waals surface area contributed by atoms with E-state index >= 15 is 0 Å². The number of rotatable bonds is 4. The minimum Gasteiger partial charge on any atom is -0.361 e. The van der Waals surface area contributed by atoms with E-state index in [2.05, 4.69) is 53.7 Å². The van der Waals surface area contributed by atoms with Crippen LogP contribution < -0.4 is 0 Å². The fraction of sp³-hybridized carbons (Fsp3) is 0.118. The molecule has 0 spiro atoms. The number of hydrogen-bond donors (Lipinski definition) is 0. The van der Waals surface area contributed by atoms with Crippen molar-refractivity contribution in [3.05, 3.63) is 89.8 Å². The first-order valence-electron chi connectivity index (χ1n) is 6.43. The van der Waals surface area contributed by atoms with Crippen molar-refractivity contribution < 1.29 is 4.52 Å². The number of nitrogens with zero attached hydrogens (tertiary/aromatic N) is 1. The lowest BCUT2D eigenvalue weighted by Gasteiger charge is -2.16. The van der Waals surface area contributed by atoms with Gasteiger partial charge in [-0.05, 0) is 11.1 Å². The zero-order valence-corrected chi connectivity index (χ0v) is 10.6. The second-order valence-electron chi connectivity index (χ2n) is 4.56. The third kappa shape index (κ3) is 2.74. The molecule has 0 saturated heterocycles. The highest BCUT2D eigenvalue weighted by molar-refractivity contribution is 5.33. The first-order chi connectivity index (χ1) is 9.43. The molecular weight excluding hydrogens is 234 g/mol. The molecule has 1 aromatic heterocycles. The Balaban J connectivity index is 1.96. The van der Waals surface area contributed by atoms with Crippen LogP contribution in [-0.2, 0) is 6.42 Å². The fourth-order valence-corrected chi connectivity index (χ4v) is 2.35. The largest absolute Gasteiger partial charge is 0.361 e. The molecule has 2 aromatic carbocycles. The zero-order valence-electron chi connectivity index (χ0n) is 10.6. The minimum atomic E-state index is 0.301. The molecule has 0 atom stereocenters. The lowest BCUT2D eigenvalue weighted by atomic mass is 9.88. The van der Waals surface area contributed by atoms with Crippen molar-refractivity contribution >= 4 is 0 Å². The van der Waals surface area contributed by atoms with E-state index in [0.29, 0.717) is 5.92 Å². The summed E-state index contributed by atoms with van der Waals surface area (Å²) in [5, 5.41) is 3.79. The normalized spacial score (nSPS) is 10.8. The van der Waals surface area contributed by atoms with E-state index in [1.54, 1.807) is 6.20 Å². The second kappa shape index (κ2) is 5.53. The Hall–Kier alpha value is -2.35. The van der Waals surface area contributed by atoms with Crippen molar-refractivity contribution in [2.45, 2.75) is 12.3 Å². The molecule has 3 aromatic rings. The van der Waals surface area contributed by atoms with E-state index in [1.807, 2.05) is 18.2 Å². The molecule has 1 heterocycles. The molecular formula is C17H15NO. The summed E-state index contributed by atoms with van der Waals surface area (Å²) in [7, 11) is 0. The van der Waals surface area contributed by atoms with Crippen LogP contribution in [0.3, 0.4) is 0 Å². The van der Waals surface area contributed by atoms with Crippen LogP contribution >= 0.6 is 0 Å². The van der Waals surface area contributed by atoms with E-state index in [0.717, 1.165) is 12.2 Å². The van der Waals surface area contributed by atoms with Gasteiger partial charge in [0.2, 0.25) is 0 Å². The Morgan fingerprint density at radius 3 is 1.84 bits per heavy atom. The van der Waals surface area contributed by atoms with Crippen molar-refractivity contribution in [1.29, 1.82) is 0 Å². The molecule has 3 rings (SSSR count). The highest BCUT2D eigenvalue weighted by Crippen LogP contribution is 2.28. The van der Waals surface area contributed by atoms with Gasteiger partial charge in [0, 0.05) is 18.4 Å². The molecule has 0 fully saturated rings. The molecule has 0 aliphatic carbocycles. The summed E-state index contributed by atoms with van der Waals surface area (Å²) < 4.78 is 5.26. The summed E-state index contributed by atoms with van der Waals surface area (Å²) in [6.07, 6.45) is 2.52. The topological polar surface area (TPSA) is 26.0 Å². The SMILES string of the molecule is c1ccc(C(Cc2ccno2)c2ccccc2)cc1. The number of aromatic nitrogens is 1. The summed E-state index contributed by atoms with van der Waals surface area (Å²) in [5.41, 5.74) is 2.59. The highest BCUT2D eigenvalue weighted by atomic mass is 16.5. The van der Waals surface area contributed by atoms with Gasteiger partial charge in [0.05, 0.1) is 6.20 Å². The monoisotopic (exact) mass is 249 g/mol. The van der Waals surface area contributed by atoms with E-state index in [-0.39, 0.29) is 0 Å². The Kier molecular flexibility index (Phi) is 3.41. The number of benzene rings is 2. The Labute approximate surface area is 112 Å². The third-order valence-corrected chi connectivity index (χ3v) is 3.30. The first-order valence-corrected chi connectivity index (χ1v) is 6.43. The second-order valence-corrected chi connectivity index (χ2v) is 4.56. The molecule has 0 N–H and O–H groups in total. The van der Waals surface area contributed by atoms with Crippen LogP contribution in [-0.4, -0.2) is 5.16 Å². The molecule has 0 saturated carbocycles. The number of hydrogen-bond acceptors (Lipinski definition) is 2. The van der Waals surface area contributed by atoms with Crippen LogP contribution in [0.25, 0.3) is 0 Å². The predicted molar refractivity (Wildman–Crippen MR) is 74.9 cm³/mol. The van der Waals surface area contributed by atoms with Crippen molar-refractivity contribution in [3.63, 3.8) is 0 Å². The summed E-state index contributed by atoms with van der Waals surface area (Å²) in [5.74, 6) is 1.22. The molecule has 0 aliphatic heterocycles. The van der Waals surface area contributed by atoms with Crippen LogP contribution in [0.4, 0.5) is 0 Å². The van der Waals surface area contributed by atoms with Crippen molar-refractivity contribution in [2.75, 3.05) is 0 Å². The van der Waals surface area contributed by atoms with Gasteiger partial charge in [-0.15, -0.1) is 0 Å².